The molecule has 5 nitrogen and oxygen atoms in total. The summed E-state index contributed by atoms with van der Waals surface area (Å²) in [6.45, 7) is 1.04. The summed E-state index contributed by atoms with van der Waals surface area (Å²) < 4.78 is 5.25. The van der Waals surface area contributed by atoms with Gasteiger partial charge in [0.15, 0.2) is 11.0 Å². The third-order valence-corrected chi connectivity index (χ3v) is 4.44. The molecule has 3 rings (SSSR count). The molecule has 1 fully saturated rings. The van der Waals surface area contributed by atoms with Crippen LogP contribution < -0.4 is 5.32 Å². The SMILES string of the molecule is O[C@@H]1COCC[C@H]1Nc1nnc(Cl)c2c1CCCCC2. The van der Waals surface area contributed by atoms with Crippen LogP contribution in [0.5, 0.6) is 0 Å². The van der Waals surface area contributed by atoms with Crippen LogP contribution in [-0.2, 0) is 17.6 Å². The summed E-state index contributed by atoms with van der Waals surface area (Å²) in [5, 5.41) is 22.1. The second kappa shape index (κ2) is 6.24. The van der Waals surface area contributed by atoms with Crippen molar-refractivity contribution in [3.05, 3.63) is 16.3 Å². The molecule has 0 unspecified atom stereocenters. The molecule has 2 heterocycles. The van der Waals surface area contributed by atoms with Gasteiger partial charge < -0.3 is 15.2 Å². The molecule has 0 aromatic carbocycles. The normalized spacial score (nSPS) is 26.7. The summed E-state index contributed by atoms with van der Waals surface area (Å²) in [7, 11) is 0. The van der Waals surface area contributed by atoms with Crippen molar-refractivity contribution in [3.8, 4) is 0 Å². The Morgan fingerprint density at radius 3 is 2.75 bits per heavy atom. The minimum absolute atomic E-state index is 0.0217. The van der Waals surface area contributed by atoms with E-state index in [-0.39, 0.29) is 6.04 Å². The highest BCUT2D eigenvalue weighted by atomic mass is 35.5. The van der Waals surface area contributed by atoms with Crippen LogP contribution >= 0.6 is 11.6 Å². The Morgan fingerprint density at radius 1 is 1.15 bits per heavy atom. The number of fused-ring (bicyclic) bond motifs is 1. The van der Waals surface area contributed by atoms with Crippen LogP contribution in [0, 0.1) is 0 Å². The van der Waals surface area contributed by atoms with Gasteiger partial charge in [-0.15, -0.1) is 10.2 Å². The topological polar surface area (TPSA) is 67.3 Å². The number of ether oxygens (including phenoxy) is 1. The molecule has 1 aliphatic carbocycles. The van der Waals surface area contributed by atoms with Gasteiger partial charge >= 0.3 is 0 Å². The lowest BCUT2D eigenvalue weighted by molar-refractivity contribution is -0.0135. The zero-order valence-electron chi connectivity index (χ0n) is 11.4. The molecule has 1 saturated heterocycles. The number of nitrogens with zero attached hydrogens (tertiary/aromatic N) is 2. The smallest absolute Gasteiger partial charge is 0.155 e. The molecule has 1 aromatic rings. The van der Waals surface area contributed by atoms with Crippen molar-refractivity contribution in [1.82, 2.24) is 10.2 Å². The Bertz CT molecular complexity index is 484. The molecule has 0 bridgehead atoms. The minimum atomic E-state index is -0.498. The number of halogens is 1. The maximum atomic E-state index is 9.98. The Balaban J connectivity index is 1.85. The van der Waals surface area contributed by atoms with Crippen molar-refractivity contribution in [1.29, 1.82) is 0 Å². The third kappa shape index (κ3) is 2.90. The van der Waals surface area contributed by atoms with E-state index in [4.69, 9.17) is 16.3 Å². The lowest BCUT2D eigenvalue weighted by atomic mass is 10.0. The molecule has 0 saturated carbocycles. The molecule has 1 aliphatic heterocycles. The van der Waals surface area contributed by atoms with Crippen LogP contribution in [0.15, 0.2) is 0 Å². The number of hydrogen-bond acceptors (Lipinski definition) is 5. The van der Waals surface area contributed by atoms with Crippen molar-refractivity contribution >= 4 is 17.4 Å². The van der Waals surface area contributed by atoms with Crippen LogP contribution in [0.1, 0.15) is 36.8 Å². The van der Waals surface area contributed by atoms with Gasteiger partial charge in [-0.3, -0.25) is 0 Å². The Morgan fingerprint density at radius 2 is 1.95 bits per heavy atom. The van der Waals surface area contributed by atoms with Crippen molar-refractivity contribution in [2.24, 2.45) is 0 Å². The molecule has 0 spiro atoms. The first-order valence-electron chi connectivity index (χ1n) is 7.32. The van der Waals surface area contributed by atoms with Gasteiger partial charge in [0.05, 0.1) is 18.8 Å². The molecule has 2 N–H and O–H groups in total. The Kier molecular flexibility index (Phi) is 4.38. The first-order chi connectivity index (χ1) is 9.75. The predicted molar refractivity (Wildman–Crippen MR) is 77.2 cm³/mol. The lowest BCUT2D eigenvalue weighted by Gasteiger charge is -2.29. The quantitative estimate of drug-likeness (QED) is 0.817. The number of anilines is 1. The summed E-state index contributed by atoms with van der Waals surface area (Å²) in [6.07, 6.45) is 5.74. The van der Waals surface area contributed by atoms with Gasteiger partial charge in [-0.1, -0.05) is 18.0 Å². The number of rotatable bonds is 2. The molecule has 110 valence electrons. The molecular formula is C14H20ClN3O2. The lowest BCUT2D eigenvalue weighted by Crippen LogP contribution is -2.42. The van der Waals surface area contributed by atoms with E-state index in [0.29, 0.717) is 18.4 Å². The van der Waals surface area contributed by atoms with E-state index in [9.17, 15) is 5.11 Å². The fraction of sp³-hybridized carbons (Fsp3) is 0.714. The fourth-order valence-electron chi connectivity index (χ4n) is 2.97. The molecule has 0 radical (unpaired) electrons. The van der Waals surface area contributed by atoms with Gasteiger partial charge in [-0.2, -0.15) is 0 Å². The monoisotopic (exact) mass is 297 g/mol. The Labute approximate surface area is 123 Å². The second-order valence-electron chi connectivity index (χ2n) is 5.54. The zero-order chi connectivity index (χ0) is 13.9. The van der Waals surface area contributed by atoms with Crippen molar-refractivity contribution in [2.45, 2.75) is 50.7 Å². The van der Waals surface area contributed by atoms with Gasteiger partial charge in [-0.25, -0.2) is 0 Å². The van der Waals surface area contributed by atoms with E-state index < -0.39 is 6.10 Å². The summed E-state index contributed by atoms with van der Waals surface area (Å²) >= 11 is 6.19. The van der Waals surface area contributed by atoms with E-state index in [1.54, 1.807) is 0 Å². The molecule has 2 atom stereocenters. The number of hydrogen-bond donors (Lipinski definition) is 2. The van der Waals surface area contributed by atoms with Crippen LogP contribution in [0.3, 0.4) is 0 Å². The molecule has 6 heteroatoms. The predicted octanol–water partition coefficient (Wildman–Crippen LogP) is 1.96. The van der Waals surface area contributed by atoms with Crippen LogP contribution in [0.4, 0.5) is 5.82 Å². The molecule has 2 aliphatic rings. The van der Waals surface area contributed by atoms with Gasteiger partial charge in [0.25, 0.3) is 0 Å². The highest BCUT2D eigenvalue weighted by Gasteiger charge is 2.26. The van der Waals surface area contributed by atoms with Crippen LogP contribution in [-0.4, -0.2) is 40.7 Å². The minimum Gasteiger partial charge on any atom is -0.389 e. The summed E-state index contributed by atoms with van der Waals surface area (Å²) in [6, 6.07) is -0.0217. The number of aromatic nitrogens is 2. The van der Waals surface area contributed by atoms with Crippen LogP contribution in [0.2, 0.25) is 5.15 Å². The molecule has 20 heavy (non-hydrogen) atoms. The molecule has 0 amide bonds. The average molecular weight is 298 g/mol. The van der Waals surface area contributed by atoms with Crippen molar-refractivity contribution < 1.29 is 9.84 Å². The average Bonchev–Trinajstić information content (AvgIpc) is 2.71. The van der Waals surface area contributed by atoms with E-state index in [1.807, 2.05) is 0 Å². The largest absolute Gasteiger partial charge is 0.389 e. The standard InChI is InChI=1S/C14H20ClN3O2/c15-13-9-4-2-1-3-5-10(9)14(18-17-13)16-11-6-7-20-8-12(11)19/h11-12,19H,1-8H2,(H,16,18)/t11-,12-/m1/s1. The van der Waals surface area contributed by atoms with E-state index in [2.05, 4.69) is 15.5 Å². The Hall–Kier alpha value is -0.910. The fourth-order valence-corrected chi connectivity index (χ4v) is 3.21. The second-order valence-corrected chi connectivity index (χ2v) is 5.90. The summed E-state index contributed by atoms with van der Waals surface area (Å²) in [5.41, 5.74) is 2.31. The molecule has 1 aromatic heterocycles. The summed E-state index contributed by atoms with van der Waals surface area (Å²) in [4.78, 5) is 0. The number of aliphatic hydroxyl groups excluding tert-OH is 1. The van der Waals surface area contributed by atoms with Gasteiger partial charge in [0.1, 0.15) is 0 Å². The van der Waals surface area contributed by atoms with E-state index in [0.717, 1.165) is 43.5 Å². The highest BCUT2D eigenvalue weighted by Crippen LogP contribution is 2.30. The maximum Gasteiger partial charge on any atom is 0.155 e. The van der Waals surface area contributed by atoms with E-state index in [1.165, 1.54) is 12.0 Å². The summed E-state index contributed by atoms with van der Waals surface area (Å²) in [5.74, 6) is 0.789. The number of aliphatic hydroxyl groups is 1. The highest BCUT2D eigenvalue weighted by molar-refractivity contribution is 6.30. The number of nitrogens with one attached hydrogen (secondary N) is 1. The van der Waals surface area contributed by atoms with Crippen LogP contribution in [0.25, 0.3) is 0 Å². The van der Waals surface area contributed by atoms with E-state index >= 15 is 0 Å². The first kappa shape index (κ1) is 14.0. The van der Waals surface area contributed by atoms with Gasteiger partial charge in [0, 0.05) is 12.2 Å². The first-order valence-corrected chi connectivity index (χ1v) is 7.70. The third-order valence-electron chi connectivity index (χ3n) is 4.14. The van der Waals surface area contributed by atoms with Gasteiger partial charge in [-0.05, 0) is 37.7 Å². The van der Waals surface area contributed by atoms with Crippen molar-refractivity contribution in [3.63, 3.8) is 0 Å². The van der Waals surface area contributed by atoms with Gasteiger partial charge in [0.2, 0.25) is 0 Å². The van der Waals surface area contributed by atoms with Crippen molar-refractivity contribution in [2.75, 3.05) is 18.5 Å². The zero-order valence-corrected chi connectivity index (χ0v) is 12.2. The maximum absolute atomic E-state index is 9.98. The molecular weight excluding hydrogens is 278 g/mol.